The topological polar surface area (TPSA) is 155 Å². The molecule has 0 aromatic heterocycles. The maximum atomic E-state index is 12.5. The lowest BCUT2D eigenvalue weighted by atomic mass is 10.1. The molecule has 0 heterocycles. The molecular weight excluding hydrogens is 729 g/mol. The number of allylic oxidation sites excluding steroid dienone is 13. The first kappa shape index (κ1) is 53.1. The molecule has 0 spiro atoms. The van der Waals surface area contributed by atoms with Gasteiger partial charge in [-0.1, -0.05) is 137 Å². The van der Waals surface area contributed by atoms with E-state index in [1.807, 2.05) is 24.3 Å². The fraction of sp³-hybridized carbons (Fsp3) is 0.644. The Morgan fingerprint density at radius 2 is 1.09 bits per heavy atom. The number of phosphoric acid groups is 1. The number of hydrogen-bond donors (Lipinski definition) is 3. The number of hydrogen-bond acceptors (Lipinski definition) is 9. The molecule has 0 aliphatic heterocycles. The van der Waals surface area contributed by atoms with Gasteiger partial charge >= 0.3 is 19.8 Å². The van der Waals surface area contributed by atoms with Gasteiger partial charge in [-0.15, -0.1) is 0 Å². The van der Waals surface area contributed by atoms with Gasteiger partial charge in [0.25, 0.3) is 0 Å². The number of ether oxygens (including phenoxy) is 2. The van der Waals surface area contributed by atoms with E-state index in [2.05, 4.69) is 74.6 Å². The minimum absolute atomic E-state index is 0.0276. The van der Waals surface area contributed by atoms with Crippen molar-refractivity contribution >= 4 is 19.8 Å². The number of phosphoric ester groups is 1. The summed E-state index contributed by atoms with van der Waals surface area (Å²) >= 11 is 0. The maximum absolute atomic E-state index is 12.5. The molecule has 0 amide bonds. The van der Waals surface area contributed by atoms with E-state index in [0.29, 0.717) is 25.7 Å². The highest BCUT2D eigenvalue weighted by atomic mass is 31.2. The average molecular weight is 806 g/mol. The molecule has 10 nitrogen and oxygen atoms in total. The summed E-state index contributed by atoms with van der Waals surface area (Å²) in [6, 6.07) is 0. The van der Waals surface area contributed by atoms with Gasteiger partial charge in [0, 0.05) is 19.4 Å². The zero-order valence-corrected chi connectivity index (χ0v) is 35.6. The fourth-order valence-electron chi connectivity index (χ4n) is 5.19. The summed E-state index contributed by atoms with van der Waals surface area (Å²) in [6.45, 7) is 3.37. The maximum Gasteiger partial charge on any atom is 0.472 e. The molecule has 0 radical (unpaired) electrons. The van der Waals surface area contributed by atoms with Gasteiger partial charge in [-0.05, 0) is 83.5 Å². The van der Waals surface area contributed by atoms with Crippen LogP contribution in [0.25, 0.3) is 0 Å². The molecule has 0 aliphatic carbocycles. The number of aliphatic hydroxyl groups is 1. The van der Waals surface area contributed by atoms with Crippen molar-refractivity contribution in [3.63, 3.8) is 0 Å². The molecule has 56 heavy (non-hydrogen) atoms. The van der Waals surface area contributed by atoms with Gasteiger partial charge in [0.1, 0.15) is 6.61 Å². The first-order chi connectivity index (χ1) is 27.2. The minimum Gasteiger partial charge on any atom is -0.462 e. The van der Waals surface area contributed by atoms with Crippen LogP contribution in [-0.2, 0) is 32.7 Å². The lowest BCUT2D eigenvalue weighted by molar-refractivity contribution is -0.161. The summed E-state index contributed by atoms with van der Waals surface area (Å²) in [5.41, 5.74) is 5.33. The molecule has 0 saturated heterocycles. The second-order valence-electron chi connectivity index (χ2n) is 13.7. The van der Waals surface area contributed by atoms with E-state index in [0.717, 1.165) is 57.8 Å². The molecule has 2 unspecified atom stereocenters. The van der Waals surface area contributed by atoms with Crippen molar-refractivity contribution in [1.82, 2.24) is 0 Å². The van der Waals surface area contributed by atoms with Crippen LogP contribution in [0.4, 0.5) is 0 Å². The molecule has 0 saturated carbocycles. The second-order valence-corrected chi connectivity index (χ2v) is 15.1. The van der Waals surface area contributed by atoms with Gasteiger partial charge in [-0.2, -0.15) is 0 Å². The Bertz CT molecular complexity index is 1210. The summed E-state index contributed by atoms with van der Waals surface area (Å²) in [6.07, 6.45) is 46.9. The molecule has 0 bridgehead atoms. The highest BCUT2D eigenvalue weighted by Gasteiger charge is 2.25. The number of rotatable bonds is 38. The normalized spacial score (nSPS) is 14.7. The predicted octanol–water partition coefficient (Wildman–Crippen LogP) is 11.0. The molecule has 320 valence electrons. The van der Waals surface area contributed by atoms with Crippen LogP contribution >= 0.6 is 7.82 Å². The van der Waals surface area contributed by atoms with Gasteiger partial charge in [0.05, 0.1) is 19.3 Å². The smallest absolute Gasteiger partial charge is 0.462 e. The van der Waals surface area contributed by atoms with Crippen molar-refractivity contribution < 1.29 is 42.7 Å². The molecule has 0 aromatic rings. The van der Waals surface area contributed by atoms with Gasteiger partial charge < -0.3 is 25.2 Å². The third-order valence-electron chi connectivity index (χ3n) is 8.31. The van der Waals surface area contributed by atoms with Crippen LogP contribution in [0.1, 0.15) is 149 Å². The monoisotopic (exact) mass is 806 g/mol. The standard InChI is InChI=1S/C45H76NO9P/c1-3-5-6-7-8-9-10-11-12-13-14-17-20-23-26-29-32-36-44(48)52-40-43(41-54-56(50,51)53-39-38-46)55-45(49)37-33-30-27-24-21-18-15-16-19-22-25-28-31-35-42(47)34-4-2/h11-12,14-15,17-19,22-24,26-28,31,42-43,47H,3-10,13,16,20-21,25,29-30,32-41,46H2,1-2H3,(H,50,51)/b12-11-,17-14-,18-15-,22-19-,26-23-,27-24-,31-28-/t42?,43-/m1/s1. The molecule has 11 heteroatoms. The average Bonchev–Trinajstić information content (AvgIpc) is 3.17. The third kappa shape index (κ3) is 39.4. The lowest BCUT2D eigenvalue weighted by Gasteiger charge is -2.19. The quantitative estimate of drug-likeness (QED) is 0.0238. The molecule has 0 fully saturated rings. The van der Waals surface area contributed by atoms with Crippen LogP contribution in [0.3, 0.4) is 0 Å². The SMILES string of the molecule is CCCCCCCC/C=C\C/C=C\C/C=C\CCCC(=O)OC[C@H](COP(=O)(O)OCCN)OC(=O)CCC/C=C\C/C=C\C/C=C\C/C=C\CC(O)CCC. The zero-order chi connectivity index (χ0) is 41.2. The first-order valence-electron chi connectivity index (χ1n) is 21.1. The minimum atomic E-state index is -4.42. The van der Waals surface area contributed by atoms with E-state index in [-0.39, 0.29) is 38.7 Å². The zero-order valence-electron chi connectivity index (χ0n) is 34.7. The van der Waals surface area contributed by atoms with Crippen LogP contribution < -0.4 is 5.73 Å². The third-order valence-corrected chi connectivity index (χ3v) is 9.29. The molecular formula is C45H76NO9P. The molecule has 4 N–H and O–H groups in total. The van der Waals surface area contributed by atoms with E-state index < -0.39 is 32.5 Å². The van der Waals surface area contributed by atoms with Crippen molar-refractivity contribution in [2.75, 3.05) is 26.4 Å². The number of nitrogens with two attached hydrogens (primary N) is 1. The van der Waals surface area contributed by atoms with Gasteiger partial charge in [0.15, 0.2) is 6.10 Å². The van der Waals surface area contributed by atoms with Crippen molar-refractivity contribution in [2.45, 2.75) is 161 Å². The largest absolute Gasteiger partial charge is 0.472 e. The van der Waals surface area contributed by atoms with Crippen LogP contribution in [-0.4, -0.2) is 60.5 Å². The van der Waals surface area contributed by atoms with Crippen LogP contribution in [0.2, 0.25) is 0 Å². The summed E-state index contributed by atoms with van der Waals surface area (Å²) in [5.74, 6) is -0.985. The van der Waals surface area contributed by atoms with E-state index in [4.69, 9.17) is 24.3 Å². The second kappa shape index (κ2) is 40.4. The highest BCUT2D eigenvalue weighted by molar-refractivity contribution is 7.47. The summed E-state index contributed by atoms with van der Waals surface area (Å²) in [7, 11) is -4.42. The summed E-state index contributed by atoms with van der Waals surface area (Å²) in [4.78, 5) is 34.8. The fourth-order valence-corrected chi connectivity index (χ4v) is 5.95. The number of esters is 2. The van der Waals surface area contributed by atoms with E-state index in [1.54, 1.807) is 0 Å². The lowest BCUT2D eigenvalue weighted by Crippen LogP contribution is -2.29. The number of unbranched alkanes of at least 4 members (excludes halogenated alkanes) is 8. The van der Waals surface area contributed by atoms with E-state index >= 15 is 0 Å². The Morgan fingerprint density at radius 3 is 1.62 bits per heavy atom. The Morgan fingerprint density at radius 1 is 0.607 bits per heavy atom. The Balaban J connectivity index is 4.39. The van der Waals surface area contributed by atoms with Gasteiger partial charge in [0.2, 0.25) is 0 Å². The Hall–Kier alpha value is -2.85. The van der Waals surface area contributed by atoms with Crippen molar-refractivity contribution in [2.24, 2.45) is 5.73 Å². The molecule has 0 aromatic carbocycles. The van der Waals surface area contributed by atoms with Crippen molar-refractivity contribution in [1.29, 1.82) is 0 Å². The van der Waals surface area contributed by atoms with Gasteiger partial charge in [-0.25, -0.2) is 4.57 Å². The van der Waals surface area contributed by atoms with Crippen LogP contribution in [0.15, 0.2) is 85.1 Å². The molecule has 3 atom stereocenters. The van der Waals surface area contributed by atoms with Crippen molar-refractivity contribution in [3.05, 3.63) is 85.1 Å². The number of aliphatic hydroxyl groups excluding tert-OH is 1. The Kier molecular flexibility index (Phi) is 38.3. The summed E-state index contributed by atoms with van der Waals surface area (Å²) in [5, 5.41) is 9.72. The van der Waals surface area contributed by atoms with Crippen LogP contribution in [0.5, 0.6) is 0 Å². The van der Waals surface area contributed by atoms with E-state index in [1.165, 1.54) is 38.5 Å². The van der Waals surface area contributed by atoms with E-state index in [9.17, 15) is 24.2 Å². The first-order valence-corrected chi connectivity index (χ1v) is 22.6. The molecule has 0 aliphatic rings. The summed E-state index contributed by atoms with van der Waals surface area (Å²) < 4.78 is 32.6. The van der Waals surface area contributed by atoms with Gasteiger partial charge in [-0.3, -0.25) is 18.6 Å². The highest BCUT2D eigenvalue weighted by Crippen LogP contribution is 2.43. The predicted molar refractivity (Wildman–Crippen MR) is 230 cm³/mol. The number of carbonyl (C=O) groups excluding carboxylic acids is 2. The Labute approximate surface area is 339 Å². The van der Waals surface area contributed by atoms with Crippen molar-refractivity contribution in [3.8, 4) is 0 Å². The van der Waals surface area contributed by atoms with Crippen LogP contribution in [0, 0.1) is 0 Å². The molecule has 0 rings (SSSR count). The number of carbonyl (C=O) groups is 2.